The molecule has 0 radical (unpaired) electrons. The Hall–Kier alpha value is -1.47. The number of ether oxygens (including phenoxy) is 2. The third-order valence-corrected chi connectivity index (χ3v) is 4.62. The van der Waals surface area contributed by atoms with Crippen LogP contribution in [0, 0.1) is 0 Å². The Morgan fingerprint density at radius 1 is 1.39 bits per heavy atom. The maximum atomic E-state index is 10.1. The molecule has 1 aliphatic rings. The van der Waals surface area contributed by atoms with Gasteiger partial charge in [-0.15, -0.1) is 11.3 Å². The lowest BCUT2D eigenvalue weighted by Gasteiger charge is -2.20. The Balaban J connectivity index is 1.34. The molecule has 1 N–H and O–H groups in total. The number of hydrogen-bond acceptors (Lipinski definition) is 6. The van der Waals surface area contributed by atoms with E-state index in [1.165, 1.54) is 4.88 Å². The van der Waals surface area contributed by atoms with Crippen LogP contribution >= 0.6 is 11.3 Å². The Morgan fingerprint density at radius 3 is 3.13 bits per heavy atom. The fourth-order valence-electron chi connectivity index (χ4n) is 2.71. The van der Waals surface area contributed by atoms with Gasteiger partial charge in [0, 0.05) is 30.7 Å². The van der Waals surface area contributed by atoms with Crippen molar-refractivity contribution in [2.75, 3.05) is 26.2 Å². The summed E-state index contributed by atoms with van der Waals surface area (Å²) in [4.78, 5) is 7.46. The van der Waals surface area contributed by atoms with Crippen LogP contribution in [0.15, 0.2) is 42.0 Å². The highest BCUT2D eigenvalue weighted by Gasteiger charge is 2.25. The van der Waals surface area contributed by atoms with E-state index >= 15 is 0 Å². The van der Waals surface area contributed by atoms with Crippen molar-refractivity contribution in [3.63, 3.8) is 0 Å². The van der Waals surface area contributed by atoms with E-state index in [-0.39, 0.29) is 6.10 Å². The molecule has 2 aromatic heterocycles. The number of aromatic nitrogens is 1. The van der Waals surface area contributed by atoms with Gasteiger partial charge in [0.05, 0.1) is 25.5 Å². The number of nitrogens with zero attached hydrogens (tertiary/aromatic N) is 2. The molecule has 0 spiro atoms. The molecule has 2 atom stereocenters. The summed E-state index contributed by atoms with van der Waals surface area (Å²) in [6.45, 7) is 3.32. The van der Waals surface area contributed by atoms with Crippen molar-refractivity contribution in [2.24, 2.45) is 0 Å². The first kappa shape index (κ1) is 16.4. The number of likely N-dealkylation sites (tertiary alicyclic amines) is 1. The first-order valence-electron chi connectivity index (χ1n) is 7.87. The van der Waals surface area contributed by atoms with Crippen LogP contribution in [0.2, 0.25) is 0 Å². The van der Waals surface area contributed by atoms with Gasteiger partial charge in [-0.2, -0.15) is 0 Å². The molecular weight excluding hydrogens is 312 g/mol. The first-order valence-corrected chi connectivity index (χ1v) is 8.75. The standard InChI is InChI=1S/C17H22N2O3S/c20-14(12-21-13-17-4-2-8-23-17)10-19-7-5-16(11-19)22-15-3-1-6-18-9-15/h1-4,6,8-9,14,16,20H,5,7,10-13H2. The third-order valence-electron chi connectivity index (χ3n) is 3.77. The average Bonchev–Trinajstić information content (AvgIpc) is 3.21. The Bertz CT molecular complexity index is 564. The van der Waals surface area contributed by atoms with Crippen LogP contribution in [0.5, 0.6) is 5.75 Å². The van der Waals surface area contributed by atoms with Crippen molar-refractivity contribution < 1.29 is 14.6 Å². The van der Waals surface area contributed by atoms with Crippen LogP contribution in [0.25, 0.3) is 0 Å². The van der Waals surface area contributed by atoms with Crippen LogP contribution < -0.4 is 4.74 Å². The van der Waals surface area contributed by atoms with Gasteiger partial charge in [0.25, 0.3) is 0 Å². The summed E-state index contributed by atoms with van der Waals surface area (Å²) in [5, 5.41) is 12.1. The van der Waals surface area contributed by atoms with Crippen molar-refractivity contribution in [1.29, 1.82) is 0 Å². The monoisotopic (exact) mass is 334 g/mol. The van der Waals surface area contributed by atoms with Crippen molar-refractivity contribution in [3.05, 3.63) is 46.9 Å². The minimum absolute atomic E-state index is 0.165. The van der Waals surface area contributed by atoms with Gasteiger partial charge in [-0.25, -0.2) is 0 Å². The zero-order chi connectivity index (χ0) is 15.9. The molecule has 5 nitrogen and oxygen atoms in total. The Kier molecular flexibility index (Phi) is 5.99. The summed E-state index contributed by atoms with van der Waals surface area (Å²) >= 11 is 1.67. The van der Waals surface area contributed by atoms with E-state index in [4.69, 9.17) is 9.47 Å². The van der Waals surface area contributed by atoms with Crippen LogP contribution in [-0.4, -0.2) is 53.4 Å². The highest BCUT2D eigenvalue weighted by atomic mass is 32.1. The molecule has 0 amide bonds. The zero-order valence-corrected chi connectivity index (χ0v) is 13.8. The van der Waals surface area contributed by atoms with E-state index in [0.29, 0.717) is 19.8 Å². The van der Waals surface area contributed by atoms with E-state index in [9.17, 15) is 5.11 Å². The number of aliphatic hydroxyl groups is 1. The molecule has 1 fully saturated rings. The lowest BCUT2D eigenvalue weighted by Crippen LogP contribution is -2.34. The largest absolute Gasteiger partial charge is 0.487 e. The zero-order valence-electron chi connectivity index (χ0n) is 13.0. The smallest absolute Gasteiger partial charge is 0.138 e. The summed E-state index contributed by atoms with van der Waals surface area (Å²) in [6, 6.07) is 7.84. The molecule has 2 aromatic rings. The van der Waals surface area contributed by atoms with E-state index in [1.54, 1.807) is 23.7 Å². The van der Waals surface area contributed by atoms with Crippen LogP contribution in [0.3, 0.4) is 0 Å². The molecule has 124 valence electrons. The van der Waals surface area contributed by atoms with Gasteiger partial charge in [0.1, 0.15) is 11.9 Å². The quantitative estimate of drug-likeness (QED) is 0.802. The van der Waals surface area contributed by atoms with Crippen LogP contribution in [0.4, 0.5) is 0 Å². The molecule has 0 saturated carbocycles. The normalized spacial score (nSPS) is 19.8. The van der Waals surface area contributed by atoms with Crippen LogP contribution in [-0.2, 0) is 11.3 Å². The Labute approximate surface area is 140 Å². The minimum atomic E-state index is -0.466. The summed E-state index contributed by atoms with van der Waals surface area (Å²) in [7, 11) is 0. The highest BCUT2D eigenvalue weighted by Crippen LogP contribution is 2.17. The molecule has 1 saturated heterocycles. The van der Waals surface area contributed by atoms with Crippen molar-refractivity contribution in [3.8, 4) is 5.75 Å². The second kappa shape index (κ2) is 8.40. The van der Waals surface area contributed by atoms with Crippen LogP contribution in [0.1, 0.15) is 11.3 Å². The maximum absolute atomic E-state index is 10.1. The minimum Gasteiger partial charge on any atom is -0.487 e. The topological polar surface area (TPSA) is 54.8 Å². The SMILES string of the molecule is OC(COCc1cccs1)CN1CCC(Oc2cccnc2)C1. The molecule has 23 heavy (non-hydrogen) atoms. The van der Waals surface area contributed by atoms with Gasteiger partial charge in [-0.05, 0) is 30.0 Å². The number of aliphatic hydroxyl groups excluding tert-OH is 1. The number of rotatable bonds is 8. The van der Waals surface area contributed by atoms with E-state index in [2.05, 4.69) is 9.88 Å². The first-order chi connectivity index (χ1) is 11.3. The molecule has 0 aliphatic carbocycles. The van der Waals surface area contributed by atoms with Crippen molar-refractivity contribution in [2.45, 2.75) is 25.2 Å². The van der Waals surface area contributed by atoms with E-state index in [0.717, 1.165) is 25.3 Å². The average molecular weight is 334 g/mol. The molecule has 0 bridgehead atoms. The molecule has 3 rings (SSSR count). The van der Waals surface area contributed by atoms with Gasteiger partial charge in [0.15, 0.2) is 0 Å². The maximum Gasteiger partial charge on any atom is 0.138 e. The lowest BCUT2D eigenvalue weighted by molar-refractivity contribution is 0.0129. The predicted octanol–water partition coefficient (Wildman–Crippen LogP) is 2.17. The summed E-state index contributed by atoms with van der Waals surface area (Å²) in [6.07, 6.45) is 4.14. The van der Waals surface area contributed by atoms with E-state index in [1.807, 2.05) is 29.6 Å². The lowest BCUT2D eigenvalue weighted by atomic mass is 10.3. The number of β-amino-alcohol motifs (C(OH)–C–C–N with tert-alkyl or cyclic N) is 1. The molecule has 1 aliphatic heterocycles. The van der Waals surface area contributed by atoms with Gasteiger partial charge < -0.3 is 14.6 Å². The van der Waals surface area contributed by atoms with Gasteiger partial charge in [-0.1, -0.05) is 6.07 Å². The number of thiophene rings is 1. The number of hydrogen-bond donors (Lipinski definition) is 1. The van der Waals surface area contributed by atoms with Crippen molar-refractivity contribution in [1.82, 2.24) is 9.88 Å². The molecular formula is C17H22N2O3S. The second-order valence-corrected chi connectivity index (χ2v) is 6.76. The third kappa shape index (κ3) is 5.28. The highest BCUT2D eigenvalue weighted by molar-refractivity contribution is 7.09. The fraction of sp³-hybridized carbons (Fsp3) is 0.471. The molecule has 0 aromatic carbocycles. The molecule has 3 heterocycles. The van der Waals surface area contributed by atoms with Gasteiger partial charge in [-0.3, -0.25) is 9.88 Å². The Morgan fingerprint density at radius 2 is 2.35 bits per heavy atom. The van der Waals surface area contributed by atoms with Crippen molar-refractivity contribution >= 4 is 11.3 Å². The predicted molar refractivity (Wildman–Crippen MR) is 89.7 cm³/mol. The van der Waals surface area contributed by atoms with E-state index < -0.39 is 6.10 Å². The fourth-order valence-corrected chi connectivity index (χ4v) is 3.35. The number of pyridine rings is 1. The van der Waals surface area contributed by atoms with Gasteiger partial charge >= 0.3 is 0 Å². The summed E-state index contributed by atoms with van der Waals surface area (Å²) < 4.78 is 11.5. The summed E-state index contributed by atoms with van der Waals surface area (Å²) in [5.74, 6) is 0.805. The summed E-state index contributed by atoms with van der Waals surface area (Å²) in [5.41, 5.74) is 0. The second-order valence-electron chi connectivity index (χ2n) is 5.73. The molecule has 6 heteroatoms. The van der Waals surface area contributed by atoms with Gasteiger partial charge in [0.2, 0.25) is 0 Å². The molecule has 2 unspecified atom stereocenters.